The smallest absolute Gasteiger partial charge is 0.227 e. The van der Waals surface area contributed by atoms with Gasteiger partial charge in [0.2, 0.25) is 5.91 Å². The molecule has 0 heterocycles. The van der Waals surface area contributed by atoms with Gasteiger partial charge in [0, 0.05) is 24.0 Å². The van der Waals surface area contributed by atoms with Crippen molar-refractivity contribution in [3.8, 4) is 0 Å². The minimum Gasteiger partial charge on any atom is -0.342 e. The number of unbranched alkanes of at least 4 members (excludes halogenated alkanes) is 1. The van der Waals surface area contributed by atoms with Crippen molar-refractivity contribution in [1.29, 1.82) is 0 Å². The quantitative estimate of drug-likeness (QED) is 0.699. The van der Waals surface area contributed by atoms with E-state index in [1.807, 2.05) is 6.92 Å². The summed E-state index contributed by atoms with van der Waals surface area (Å²) in [5.41, 5.74) is -0.149. The highest BCUT2D eigenvalue weighted by Gasteiger charge is 2.17. The van der Waals surface area contributed by atoms with Gasteiger partial charge in [-0.15, -0.1) is 0 Å². The second-order valence-electron chi connectivity index (χ2n) is 4.30. The topological polar surface area (TPSA) is 20.3 Å². The van der Waals surface area contributed by atoms with E-state index in [0.717, 1.165) is 12.8 Å². The van der Waals surface area contributed by atoms with E-state index in [1.54, 1.807) is 4.90 Å². The molecule has 106 valence electrons. The van der Waals surface area contributed by atoms with Crippen molar-refractivity contribution >= 4 is 21.8 Å². The molecule has 1 rings (SSSR count). The lowest BCUT2D eigenvalue weighted by Crippen LogP contribution is -2.35. The van der Waals surface area contributed by atoms with Crippen molar-refractivity contribution in [3.63, 3.8) is 0 Å². The summed E-state index contributed by atoms with van der Waals surface area (Å²) in [5.74, 6) is -1.57. The van der Waals surface area contributed by atoms with Gasteiger partial charge in [0.05, 0.1) is 6.42 Å². The Labute approximate surface area is 120 Å². The lowest BCUT2D eigenvalue weighted by molar-refractivity contribution is -0.130. The first-order chi connectivity index (χ1) is 9.10. The predicted octanol–water partition coefficient (Wildman–Crippen LogP) is 3.53. The van der Waals surface area contributed by atoms with Gasteiger partial charge in [-0.2, -0.15) is 0 Å². The summed E-state index contributed by atoms with van der Waals surface area (Å²) in [5, 5.41) is 0.655. The molecule has 0 atom stereocenters. The normalized spacial score (nSPS) is 10.5. The van der Waals surface area contributed by atoms with Crippen LogP contribution < -0.4 is 0 Å². The molecule has 2 nitrogen and oxygen atoms in total. The maximum atomic E-state index is 13.5. The number of nitrogens with zero attached hydrogens (tertiary/aromatic N) is 1. The van der Waals surface area contributed by atoms with E-state index in [0.29, 0.717) is 18.4 Å². The van der Waals surface area contributed by atoms with Gasteiger partial charge < -0.3 is 4.90 Å². The van der Waals surface area contributed by atoms with Crippen LogP contribution in [0.15, 0.2) is 18.2 Å². The summed E-state index contributed by atoms with van der Waals surface area (Å²) in [6.45, 7) is 3.21. The summed E-state index contributed by atoms with van der Waals surface area (Å²) in [6.07, 6.45) is 1.63. The number of alkyl halides is 1. The number of hydrogen-bond donors (Lipinski definition) is 0. The summed E-state index contributed by atoms with van der Waals surface area (Å²) >= 11 is 3.28. The van der Waals surface area contributed by atoms with Gasteiger partial charge in [-0.25, -0.2) is 8.78 Å². The van der Waals surface area contributed by atoms with Crippen LogP contribution in [0.2, 0.25) is 0 Å². The Morgan fingerprint density at radius 3 is 2.42 bits per heavy atom. The van der Waals surface area contributed by atoms with Crippen molar-refractivity contribution < 1.29 is 13.6 Å². The molecule has 0 radical (unpaired) electrons. The first-order valence-electron chi connectivity index (χ1n) is 6.36. The summed E-state index contributed by atoms with van der Waals surface area (Å²) in [6, 6.07) is 3.64. The van der Waals surface area contributed by atoms with E-state index in [4.69, 9.17) is 0 Å². The SMILES string of the molecule is CCCCN(CCBr)C(=O)Cc1c(F)cccc1F. The van der Waals surface area contributed by atoms with Crippen LogP contribution in [0.25, 0.3) is 0 Å². The molecule has 0 bridgehead atoms. The molecule has 0 saturated carbocycles. The van der Waals surface area contributed by atoms with Crippen LogP contribution in [-0.2, 0) is 11.2 Å². The van der Waals surface area contributed by atoms with E-state index in [2.05, 4.69) is 15.9 Å². The number of rotatable bonds is 7. The molecule has 0 N–H and O–H groups in total. The second kappa shape index (κ2) is 8.25. The van der Waals surface area contributed by atoms with Crippen LogP contribution in [0.1, 0.15) is 25.3 Å². The first-order valence-corrected chi connectivity index (χ1v) is 7.49. The van der Waals surface area contributed by atoms with Gasteiger partial charge in [0.25, 0.3) is 0 Å². The van der Waals surface area contributed by atoms with Crippen molar-refractivity contribution in [2.75, 3.05) is 18.4 Å². The zero-order valence-corrected chi connectivity index (χ0v) is 12.6. The molecule has 0 spiro atoms. The van der Waals surface area contributed by atoms with Crippen LogP contribution >= 0.6 is 15.9 Å². The zero-order valence-electron chi connectivity index (χ0n) is 11.0. The summed E-state index contributed by atoms with van der Waals surface area (Å²) in [7, 11) is 0. The third-order valence-corrected chi connectivity index (χ3v) is 3.23. The van der Waals surface area contributed by atoms with Crippen LogP contribution in [0, 0.1) is 11.6 Å². The molecule has 0 aliphatic carbocycles. The average molecular weight is 334 g/mol. The van der Waals surface area contributed by atoms with Crippen LogP contribution in [0.5, 0.6) is 0 Å². The minimum atomic E-state index is -0.664. The van der Waals surface area contributed by atoms with Gasteiger partial charge in [-0.3, -0.25) is 4.79 Å². The van der Waals surface area contributed by atoms with Gasteiger partial charge in [-0.1, -0.05) is 35.3 Å². The fourth-order valence-electron chi connectivity index (χ4n) is 1.78. The fourth-order valence-corrected chi connectivity index (χ4v) is 2.20. The van der Waals surface area contributed by atoms with E-state index in [1.165, 1.54) is 18.2 Å². The van der Waals surface area contributed by atoms with E-state index >= 15 is 0 Å². The maximum absolute atomic E-state index is 13.5. The van der Waals surface area contributed by atoms with Gasteiger partial charge >= 0.3 is 0 Å². The van der Waals surface area contributed by atoms with E-state index in [-0.39, 0.29) is 17.9 Å². The number of amides is 1. The van der Waals surface area contributed by atoms with Crippen molar-refractivity contribution in [1.82, 2.24) is 4.90 Å². The molecular weight excluding hydrogens is 316 g/mol. The number of halogens is 3. The Hall–Kier alpha value is -0.970. The Morgan fingerprint density at radius 1 is 1.26 bits per heavy atom. The molecule has 0 aliphatic heterocycles. The lowest BCUT2D eigenvalue weighted by atomic mass is 10.1. The predicted molar refractivity (Wildman–Crippen MR) is 75.3 cm³/mol. The molecule has 1 aromatic carbocycles. The fraction of sp³-hybridized carbons (Fsp3) is 0.500. The summed E-state index contributed by atoms with van der Waals surface area (Å²) < 4.78 is 27.0. The molecule has 0 aliphatic rings. The third-order valence-electron chi connectivity index (χ3n) is 2.88. The summed E-state index contributed by atoms with van der Waals surface area (Å²) in [4.78, 5) is 13.7. The number of carbonyl (C=O) groups excluding carboxylic acids is 1. The zero-order chi connectivity index (χ0) is 14.3. The minimum absolute atomic E-state index is 0.149. The third kappa shape index (κ3) is 4.90. The number of carbonyl (C=O) groups is 1. The highest BCUT2D eigenvalue weighted by Crippen LogP contribution is 2.14. The standard InChI is InChI=1S/C14H18BrF2NO/c1-2-3-8-18(9-7-15)14(19)10-11-12(16)5-4-6-13(11)17/h4-6H,2-3,7-10H2,1H3. The first kappa shape index (κ1) is 16.1. The van der Waals surface area contributed by atoms with Gasteiger partial charge in [0.1, 0.15) is 11.6 Å². The molecular formula is C14H18BrF2NO. The molecule has 1 aromatic rings. The molecule has 5 heteroatoms. The molecule has 1 amide bonds. The monoisotopic (exact) mass is 333 g/mol. The van der Waals surface area contributed by atoms with Crippen LogP contribution in [0.4, 0.5) is 8.78 Å². The van der Waals surface area contributed by atoms with Crippen molar-refractivity contribution in [2.24, 2.45) is 0 Å². The Morgan fingerprint density at radius 2 is 1.89 bits per heavy atom. The molecule has 0 aromatic heterocycles. The average Bonchev–Trinajstić information content (AvgIpc) is 2.38. The molecule has 0 fully saturated rings. The Kier molecular flexibility index (Phi) is 6.99. The lowest BCUT2D eigenvalue weighted by Gasteiger charge is -2.21. The van der Waals surface area contributed by atoms with Crippen molar-refractivity contribution in [3.05, 3.63) is 35.4 Å². The van der Waals surface area contributed by atoms with Crippen molar-refractivity contribution in [2.45, 2.75) is 26.2 Å². The largest absolute Gasteiger partial charge is 0.342 e. The van der Waals surface area contributed by atoms with Crippen LogP contribution in [-0.4, -0.2) is 29.2 Å². The van der Waals surface area contributed by atoms with Gasteiger partial charge in [-0.05, 0) is 18.6 Å². The molecule has 0 unspecified atom stereocenters. The molecule has 0 saturated heterocycles. The van der Waals surface area contributed by atoms with Gasteiger partial charge in [0.15, 0.2) is 0 Å². The van der Waals surface area contributed by atoms with E-state index in [9.17, 15) is 13.6 Å². The number of benzene rings is 1. The highest BCUT2D eigenvalue weighted by atomic mass is 79.9. The Balaban J connectivity index is 2.75. The van der Waals surface area contributed by atoms with Crippen LogP contribution in [0.3, 0.4) is 0 Å². The maximum Gasteiger partial charge on any atom is 0.227 e. The molecule has 19 heavy (non-hydrogen) atoms. The highest BCUT2D eigenvalue weighted by molar-refractivity contribution is 9.09. The Bertz CT molecular complexity index is 406. The number of hydrogen-bond acceptors (Lipinski definition) is 1. The van der Waals surface area contributed by atoms with E-state index < -0.39 is 11.6 Å². The second-order valence-corrected chi connectivity index (χ2v) is 5.09.